The number of nitrogens with one attached hydrogen (secondary N) is 2. The van der Waals surface area contributed by atoms with Crippen LogP contribution in [0.2, 0.25) is 0 Å². The normalized spacial score (nSPS) is 11.3. The molecule has 3 rings (SSSR count). The number of aromatic amines is 1. The predicted molar refractivity (Wildman–Crippen MR) is 79.6 cm³/mol. The van der Waals surface area contributed by atoms with E-state index in [0.717, 1.165) is 39.5 Å². The number of hydrogen-bond donors (Lipinski definition) is 2. The summed E-state index contributed by atoms with van der Waals surface area (Å²) in [5, 5.41) is 4.64. The van der Waals surface area contributed by atoms with Gasteiger partial charge in [-0.05, 0) is 43.3 Å². The van der Waals surface area contributed by atoms with Crippen LogP contribution in [0, 0.1) is 6.92 Å². The number of fused-ring (bicyclic) bond motifs is 2. The summed E-state index contributed by atoms with van der Waals surface area (Å²) < 4.78 is 0. The summed E-state index contributed by atoms with van der Waals surface area (Å²) in [6, 6.07) is 11.7. The molecule has 2 N–H and O–H groups in total. The molecule has 0 unspecified atom stereocenters. The molecule has 0 saturated heterocycles. The number of hydrogen-bond acceptors (Lipinski definition) is 2. The van der Waals surface area contributed by atoms with Crippen molar-refractivity contribution < 1.29 is 0 Å². The first-order valence-corrected chi connectivity index (χ1v) is 6.39. The average molecular weight is 252 g/mol. The summed E-state index contributed by atoms with van der Waals surface area (Å²) in [5.41, 5.74) is 4.19. The standard InChI is InChI=1S/C16H16N2O/c1-10-6-7-12-14(8-10)18-15-11(9-17-2)4-3-5-13(15)16(12)19/h3-8,17H,9H2,1-2H3,(H,18,19). The minimum Gasteiger partial charge on any atom is -0.354 e. The highest BCUT2D eigenvalue weighted by Crippen LogP contribution is 2.19. The lowest BCUT2D eigenvalue weighted by molar-refractivity contribution is 0.822. The molecule has 1 heterocycles. The lowest BCUT2D eigenvalue weighted by Gasteiger charge is -2.08. The van der Waals surface area contributed by atoms with E-state index in [2.05, 4.69) is 10.3 Å². The van der Waals surface area contributed by atoms with Crippen LogP contribution >= 0.6 is 0 Å². The van der Waals surface area contributed by atoms with Crippen LogP contribution in [0.1, 0.15) is 11.1 Å². The summed E-state index contributed by atoms with van der Waals surface area (Å²) in [5.74, 6) is 0. The quantitative estimate of drug-likeness (QED) is 0.689. The van der Waals surface area contributed by atoms with Gasteiger partial charge in [0, 0.05) is 17.3 Å². The van der Waals surface area contributed by atoms with Gasteiger partial charge in [-0.15, -0.1) is 0 Å². The Morgan fingerprint density at radius 1 is 1.16 bits per heavy atom. The molecule has 0 atom stereocenters. The number of para-hydroxylation sites is 1. The van der Waals surface area contributed by atoms with E-state index in [4.69, 9.17) is 0 Å². The molecule has 0 aliphatic heterocycles. The third kappa shape index (κ3) is 1.92. The molecule has 1 aromatic heterocycles. The van der Waals surface area contributed by atoms with Crippen molar-refractivity contribution >= 4 is 21.8 Å². The van der Waals surface area contributed by atoms with Crippen LogP contribution in [0.25, 0.3) is 21.8 Å². The second kappa shape index (κ2) is 4.52. The van der Waals surface area contributed by atoms with Crippen LogP contribution in [0.4, 0.5) is 0 Å². The topological polar surface area (TPSA) is 44.9 Å². The van der Waals surface area contributed by atoms with Crippen LogP contribution in [0.5, 0.6) is 0 Å². The van der Waals surface area contributed by atoms with Crippen LogP contribution in [0.3, 0.4) is 0 Å². The summed E-state index contributed by atoms with van der Waals surface area (Å²) in [4.78, 5) is 15.9. The van der Waals surface area contributed by atoms with Crippen molar-refractivity contribution in [2.45, 2.75) is 13.5 Å². The van der Waals surface area contributed by atoms with Crippen molar-refractivity contribution in [2.75, 3.05) is 7.05 Å². The second-order valence-electron chi connectivity index (χ2n) is 4.87. The van der Waals surface area contributed by atoms with Gasteiger partial charge in [0.2, 0.25) is 0 Å². The lowest BCUT2D eigenvalue weighted by Crippen LogP contribution is -2.10. The molecule has 0 fully saturated rings. The van der Waals surface area contributed by atoms with E-state index in [9.17, 15) is 4.79 Å². The highest BCUT2D eigenvalue weighted by atomic mass is 16.1. The first-order valence-electron chi connectivity index (χ1n) is 6.39. The molecule has 19 heavy (non-hydrogen) atoms. The number of pyridine rings is 1. The molecule has 3 nitrogen and oxygen atoms in total. The van der Waals surface area contributed by atoms with Gasteiger partial charge in [-0.25, -0.2) is 0 Å². The van der Waals surface area contributed by atoms with Crippen LogP contribution in [-0.4, -0.2) is 12.0 Å². The third-order valence-electron chi connectivity index (χ3n) is 3.44. The minimum atomic E-state index is 0.0988. The van der Waals surface area contributed by atoms with Crippen molar-refractivity contribution in [2.24, 2.45) is 0 Å². The lowest BCUT2D eigenvalue weighted by atomic mass is 10.1. The largest absolute Gasteiger partial charge is 0.354 e. The molecule has 0 bridgehead atoms. The highest BCUT2D eigenvalue weighted by molar-refractivity contribution is 5.94. The van der Waals surface area contributed by atoms with Gasteiger partial charge in [0.25, 0.3) is 0 Å². The average Bonchev–Trinajstić information content (AvgIpc) is 2.40. The Bertz CT molecular complexity index is 818. The molecule has 0 aliphatic carbocycles. The molecular formula is C16H16N2O. The number of rotatable bonds is 2. The van der Waals surface area contributed by atoms with Crippen molar-refractivity contribution in [3.8, 4) is 0 Å². The fourth-order valence-corrected chi connectivity index (χ4v) is 2.51. The summed E-state index contributed by atoms with van der Waals surface area (Å²) in [6.45, 7) is 2.77. The Kier molecular flexibility index (Phi) is 2.84. The van der Waals surface area contributed by atoms with E-state index in [1.807, 2.05) is 50.4 Å². The van der Waals surface area contributed by atoms with E-state index in [1.165, 1.54) is 0 Å². The maximum Gasteiger partial charge on any atom is 0.197 e. The molecule has 96 valence electrons. The Morgan fingerprint density at radius 2 is 2.00 bits per heavy atom. The molecule has 0 spiro atoms. The van der Waals surface area contributed by atoms with Crippen LogP contribution in [0.15, 0.2) is 41.2 Å². The summed E-state index contributed by atoms with van der Waals surface area (Å²) in [6.07, 6.45) is 0. The number of aromatic nitrogens is 1. The maximum atomic E-state index is 12.5. The molecule has 0 amide bonds. The van der Waals surface area contributed by atoms with Crippen LogP contribution in [-0.2, 0) is 6.54 Å². The molecule has 0 radical (unpaired) electrons. The van der Waals surface area contributed by atoms with E-state index >= 15 is 0 Å². The molecule has 2 aromatic carbocycles. The smallest absolute Gasteiger partial charge is 0.197 e. The fraction of sp³-hybridized carbons (Fsp3) is 0.188. The Labute approximate surface area is 111 Å². The first-order chi connectivity index (χ1) is 9.20. The minimum absolute atomic E-state index is 0.0988. The molecular weight excluding hydrogens is 236 g/mol. The fourth-order valence-electron chi connectivity index (χ4n) is 2.51. The van der Waals surface area contributed by atoms with E-state index in [-0.39, 0.29) is 5.43 Å². The Hall–Kier alpha value is -2.13. The van der Waals surface area contributed by atoms with Gasteiger partial charge in [-0.1, -0.05) is 18.2 Å². The zero-order valence-corrected chi connectivity index (χ0v) is 11.1. The van der Waals surface area contributed by atoms with Gasteiger partial charge >= 0.3 is 0 Å². The van der Waals surface area contributed by atoms with E-state index < -0.39 is 0 Å². The van der Waals surface area contributed by atoms with Gasteiger partial charge < -0.3 is 10.3 Å². The van der Waals surface area contributed by atoms with E-state index in [1.54, 1.807) is 0 Å². The van der Waals surface area contributed by atoms with Crippen molar-refractivity contribution in [3.05, 3.63) is 57.7 Å². The van der Waals surface area contributed by atoms with Crippen LogP contribution < -0.4 is 10.7 Å². The predicted octanol–water partition coefficient (Wildman–Crippen LogP) is 2.71. The van der Waals surface area contributed by atoms with Gasteiger partial charge in [-0.3, -0.25) is 4.79 Å². The first kappa shape index (κ1) is 11.9. The van der Waals surface area contributed by atoms with Gasteiger partial charge in [0.1, 0.15) is 0 Å². The van der Waals surface area contributed by atoms with Crippen molar-refractivity contribution in [1.82, 2.24) is 10.3 Å². The maximum absolute atomic E-state index is 12.5. The summed E-state index contributed by atoms with van der Waals surface area (Å²) >= 11 is 0. The Balaban J connectivity index is 2.47. The number of benzene rings is 2. The number of H-pyrrole nitrogens is 1. The monoisotopic (exact) mass is 252 g/mol. The highest BCUT2D eigenvalue weighted by Gasteiger charge is 2.08. The molecule has 0 saturated carbocycles. The van der Waals surface area contributed by atoms with Crippen molar-refractivity contribution in [1.29, 1.82) is 0 Å². The van der Waals surface area contributed by atoms with Gasteiger partial charge in [0.15, 0.2) is 5.43 Å². The SMILES string of the molecule is CNCc1cccc2c(=O)c3ccc(C)cc3[nH]c12. The summed E-state index contributed by atoms with van der Waals surface area (Å²) in [7, 11) is 1.90. The second-order valence-corrected chi connectivity index (χ2v) is 4.87. The molecule has 0 aliphatic rings. The zero-order valence-electron chi connectivity index (χ0n) is 11.1. The van der Waals surface area contributed by atoms with Crippen molar-refractivity contribution in [3.63, 3.8) is 0 Å². The van der Waals surface area contributed by atoms with Gasteiger partial charge in [-0.2, -0.15) is 0 Å². The number of aryl methyl sites for hydroxylation is 1. The zero-order chi connectivity index (χ0) is 13.4. The van der Waals surface area contributed by atoms with Gasteiger partial charge in [0.05, 0.1) is 11.0 Å². The third-order valence-corrected chi connectivity index (χ3v) is 3.44. The molecule has 3 heteroatoms. The molecule has 3 aromatic rings. The van der Waals surface area contributed by atoms with E-state index in [0.29, 0.717) is 0 Å². The Morgan fingerprint density at radius 3 is 2.79 bits per heavy atom.